The molecule has 0 amide bonds. The number of nitrogen functional groups attached to an aromatic ring is 1. The van der Waals surface area contributed by atoms with Gasteiger partial charge in [-0.1, -0.05) is 0 Å². The molecule has 7 nitrogen and oxygen atoms in total. The molecule has 0 unspecified atom stereocenters. The molecule has 8 heteroatoms. The smallest absolute Gasteiger partial charge is 0.269 e. The van der Waals surface area contributed by atoms with Crippen LogP contribution in [-0.4, -0.2) is 19.8 Å². The van der Waals surface area contributed by atoms with Crippen LogP contribution < -0.4 is 5.84 Å². The average molecular weight is 251 g/mol. The van der Waals surface area contributed by atoms with Gasteiger partial charge in [-0.2, -0.15) is 0 Å². The number of hydrogen-bond acceptors (Lipinski definition) is 6. The molecule has 1 aromatic heterocycles. The third-order valence-corrected chi connectivity index (χ3v) is 3.06. The first-order chi connectivity index (χ1) is 8.08. The number of nitrogens with zero attached hydrogens (tertiary/aromatic N) is 4. The van der Waals surface area contributed by atoms with E-state index in [1.54, 1.807) is 19.1 Å². The molecule has 2 rings (SSSR count). The highest BCUT2D eigenvalue weighted by Crippen LogP contribution is 2.26. The molecule has 17 heavy (non-hydrogen) atoms. The summed E-state index contributed by atoms with van der Waals surface area (Å²) >= 11 is 1.30. The number of hydrogen-bond donors (Lipinski definition) is 1. The lowest BCUT2D eigenvalue weighted by molar-refractivity contribution is -0.384. The minimum absolute atomic E-state index is 0.0553. The van der Waals surface area contributed by atoms with Crippen LogP contribution in [0.2, 0.25) is 0 Å². The molecule has 0 saturated heterocycles. The Balaban J connectivity index is 2.19. The van der Waals surface area contributed by atoms with E-state index in [1.807, 2.05) is 0 Å². The van der Waals surface area contributed by atoms with Crippen LogP contribution in [0.25, 0.3) is 0 Å². The Morgan fingerprint density at radius 2 is 2.00 bits per heavy atom. The summed E-state index contributed by atoms with van der Waals surface area (Å²) in [5.74, 6) is 6.30. The second-order valence-corrected chi connectivity index (χ2v) is 4.29. The molecule has 0 saturated carbocycles. The van der Waals surface area contributed by atoms with Gasteiger partial charge in [0.2, 0.25) is 5.16 Å². The van der Waals surface area contributed by atoms with Crippen molar-refractivity contribution in [1.82, 2.24) is 14.9 Å². The molecular weight excluding hydrogens is 242 g/mol. The van der Waals surface area contributed by atoms with E-state index >= 15 is 0 Å². The summed E-state index contributed by atoms with van der Waals surface area (Å²) in [6, 6.07) is 6.17. The summed E-state index contributed by atoms with van der Waals surface area (Å²) in [6.07, 6.45) is 0. The number of aryl methyl sites for hydroxylation is 1. The van der Waals surface area contributed by atoms with E-state index in [4.69, 9.17) is 5.84 Å². The molecule has 2 N–H and O–H groups in total. The van der Waals surface area contributed by atoms with Crippen LogP contribution in [-0.2, 0) is 0 Å². The molecule has 0 spiro atoms. The average Bonchev–Trinajstić information content (AvgIpc) is 2.62. The molecular formula is C9H9N5O2S. The third kappa shape index (κ3) is 2.36. The zero-order valence-electron chi connectivity index (χ0n) is 8.90. The van der Waals surface area contributed by atoms with Crippen LogP contribution in [0.1, 0.15) is 5.82 Å². The van der Waals surface area contributed by atoms with Crippen molar-refractivity contribution in [3.8, 4) is 0 Å². The lowest BCUT2D eigenvalue weighted by Crippen LogP contribution is -2.11. The number of benzene rings is 1. The number of nitro groups is 1. The van der Waals surface area contributed by atoms with Crippen LogP contribution in [0.15, 0.2) is 34.3 Å². The Labute approximate surface area is 101 Å². The molecule has 0 bridgehead atoms. The highest BCUT2D eigenvalue weighted by molar-refractivity contribution is 7.99. The minimum Gasteiger partial charge on any atom is -0.336 e. The summed E-state index contributed by atoms with van der Waals surface area (Å²) in [6.45, 7) is 1.74. The van der Waals surface area contributed by atoms with E-state index in [2.05, 4.69) is 10.2 Å². The Bertz CT molecular complexity index is 551. The third-order valence-electron chi connectivity index (χ3n) is 2.09. The molecule has 0 atom stereocenters. The fourth-order valence-electron chi connectivity index (χ4n) is 1.16. The predicted octanol–water partition coefficient (Wildman–Crippen LogP) is 1.36. The van der Waals surface area contributed by atoms with Crippen LogP contribution >= 0.6 is 11.8 Å². The number of non-ortho nitro benzene ring substituents is 1. The quantitative estimate of drug-likeness (QED) is 0.502. The fourth-order valence-corrected chi connectivity index (χ4v) is 1.96. The summed E-state index contributed by atoms with van der Waals surface area (Å²) < 4.78 is 1.37. The predicted molar refractivity (Wildman–Crippen MR) is 62.1 cm³/mol. The second-order valence-electron chi connectivity index (χ2n) is 3.25. The molecule has 0 aliphatic rings. The van der Waals surface area contributed by atoms with E-state index in [0.29, 0.717) is 11.0 Å². The van der Waals surface area contributed by atoms with Gasteiger partial charge in [0.05, 0.1) is 4.92 Å². The van der Waals surface area contributed by atoms with Gasteiger partial charge in [0.15, 0.2) is 0 Å². The molecule has 0 aliphatic carbocycles. The number of rotatable bonds is 3. The first kappa shape index (κ1) is 11.4. The number of nitro benzene ring substituents is 1. The normalized spacial score (nSPS) is 10.4. The van der Waals surface area contributed by atoms with Crippen LogP contribution in [0, 0.1) is 17.0 Å². The van der Waals surface area contributed by atoms with E-state index in [-0.39, 0.29) is 5.69 Å². The van der Waals surface area contributed by atoms with Crippen molar-refractivity contribution in [2.24, 2.45) is 0 Å². The van der Waals surface area contributed by atoms with Crippen molar-refractivity contribution >= 4 is 17.4 Å². The molecule has 0 radical (unpaired) electrons. The molecule has 0 aliphatic heterocycles. The highest BCUT2D eigenvalue weighted by Gasteiger charge is 2.09. The van der Waals surface area contributed by atoms with E-state index in [1.165, 1.54) is 28.6 Å². The van der Waals surface area contributed by atoms with Crippen molar-refractivity contribution in [2.45, 2.75) is 17.0 Å². The van der Waals surface area contributed by atoms with Gasteiger partial charge < -0.3 is 5.84 Å². The molecule has 1 heterocycles. The van der Waals surface area contributed by atoms with Gasteiger partial charge in [0, 0.05) is 17.0 Å². The Hall–Kier alpha value is -2.09. The lowest BCUT2D eigenvalue weighted by atomic mass is 10.3. The van der Waals surface area contributed by atoms with Crippen LogP contribution in [0.5, 0.6) is 0 Å². The molecule has 1 aromatic carbocycles. The summed E-state index contributed by atoms with van der Waals surface area (Å²) in [4.78, 5) is 10.9. The first-order valence-corrected chi connectivity index (χ1v) is 5.49. The van der Waals surface area contributed by atoms with E-state index < -0.39 is 4.92 Å². The van der Waals surface area contributed by atoms with Gasteiger partial charge >= 0.3 is 0 Å². The number of aromatic nitrogens is 3. The van der Waals surface area contributed by atoms with Crippen molar-refractivity contribution < 1.29 is 4.92 Å². The van der Waals surface area contributed by atoms with Gasteiger partial charge in [0.25, 0.3) is 5.69 Å². The standard InChI is InChI=1S/C9H9N5O2S/c1-6-11-12-9(13(6)10)17-8-4-2-7(3-5-8)14(15)16/h2-5H,10H2,1H3. The zero-order valence-corrected chi connectivity index (χ0v) is 9.72. The van der Waals surface area contributed by atoms with Gasteiger partial charge in [0.1, 0.15) is 5.82 Å². The fraction of sp³-hybridized carbons (Fsp3) is 0.111. The maximum absolute atomic E-state index is 10.5. The lowest BCUT2D eigenvalue weighted by Gasteiger charge is -2.00. The van der Waals surface area contributed by atoms with Gasteiger partial charge in [-0.05, 0) is 30.8 Å². The van der Waals surface area contributed by atoms with E-state index in [0.717, 1.165) is 4.90 Å². The van der Waals surface area contributed by atoms with Crippen LogP contribution in [0.4, 0.5) is 5.69 Å². The van der Waals surface area contributed by atoms with E-state index in [9.17, 15) is 10.1 Å². The highest BCUT2D eigenvalue weighted by atomic mass is 32.2. The summed E-state index contributed by atoms with van der Waals surface area (Å²) in [7, 11) is 0. The largest absolute Gasteiger partial charge is 0.336 e. The Morgan fingerprint density at radius 3 is 2.47 bits per heavy atom. The summed E-state index contributed by atoms with van der Waals surface area (Å²) in [5, 5.41) is 18.7. The maximum Gasteiger partial charge on any atom is 0.269 e. The van der Waals surface area contributed by atoms with Crippen molar-refractivity contribution in [3.05, 3.63) is 40.2 Å². The first-order valence-electron chi connectivity index (χ1n) is 4.67. The van der Waals surface area contributed by atoms with Gasteiger partial charge in [-0.25, -0.2) is 4.68 Å². The topological polar surface area (TPSA) is 99.9 Å². The van der Waals surface area contributed by atoms with Crippen molar-refractivity contribution in [2.75, 3.05) is 5.84 Å². The number of nitrogens with two attached hydrogens (primary N) is 1. The summed E-state index contributed by atoms with van der Waals surface area (Å²) in [5.41, 5.74) is 0.0553. The molecule has 2 aromatic rings. The van der Waals surface area contributed by atoms with Crippen molar-refractivity contribution in [3.63, 3.8) is 0 Å². The van der Waals surface area contributed by atoms with Crippen molar-refractivity contribution in [1.29, 1.82) is 0 Å². The minimum atomic E-state index is -0.440. The molecule has 88 valence electrons. The Morgan fingerprint density at radius 1 is 1.35 bits per heavy atom. The van der Waals surface area contributed by atoms with Gasteiger partial charge in [-0.15, -0.1) is 10.2 Å². The SMILES string of the molecule is Cc1nnc(Sc2ccc([N+](=O)[O-])cc2)n1N. The second kappa shape index (κ2) is 4.42. The van der Waals surface area contributed by atoms with Gasteiger partial charge in [-0.3, -0.25) is 10.1 Å². The molecule has 0 fully saturated rings. The van der Waals surface area contributed by atoms with Crippen LogP contribution in [0.3, 0.4) is 0 Å². The monoisotopic (exact) mass is 251 g/mol. The maximum atomic E-state index is 10.5. The zero-order chi connectivity index (χ0) is 12.4. The Kier molecular flexibility index (Phi) is 2.96.